The molecule has 0 aliphatic carbocycles. The second-order valence-corrected chi connectivity index (χ2v) is 7.24. The van der Waals surface area contributed by atoms with Crippen molar-refractivity contribution in [1.82, 2.24) is 20.2 Å². The van der Waals surface area contributed by atoms with E-state index in [0.29, 0.717) is 11.8 Å². The molecule has 0 bridgehead atoms. The monoisotopic (exact) mass is 361 g/mol. The summed E-state index contributed by atoms with van der Waals surface area (Å²) in [6.45, 7) is 3.85. The van der Waals surface area contributed by atoms with Crippen LogP contribution in [0.2, 0.25) is 0 Å². The lowest BCUT2D eigenvalue weighted by Gasteiger charge is -2.07. The maximum atomic E-state index is 5.54. The number of hydrogen-bond acceptors (Lipinski definition) is 6. The highest BCUT2D eigenvalue weighted by Gasteiger charge is 2.13. The van der Waals surface area contributed by atoms with Gasteiger partial charge in [-0.15, -0.1) is 21.5 Å². The minimum absolute atomic E-state index is 0.528. The standard InChI is InChI=1S/C19H15N5OS/c1-10-7-12-8-13(3-4-14(12)21-10)22-15-5-6-20-16-9-17(26-18(15)16)19-24-23-11(2)25-19/h3-9,21H,1-2H3,(H,20,22). The Balaban J connectivity index is 1.56. The Morgan fingerprint density at radius 2 is 2.00 bits per heavy atom. The zero-order valence-electron chi connectivity index (χ0n) is 14.2. The quantitative estimate of drug-likeness (QED) is 0.462. The summed E-state index contributed by atoms with van der Waals surface area (Å²) in [4.78, 5) is 8.72. The van der Waals surface area contributed by atoms with Crippen molar-refractivity contribution in [2.45, 2.75) is 13.8 Å². The molecule has 0 aliphatic rings. The maximum Gasteiger partial charge on any atom is 0.257 e. The van der Waals surface area contributed by atoms with Gasteiger partial charge in [-0.2, -0.15) is 0 Å². The van der Waals surface area contributed by atoms with Gasteiger partial charge in [0.2, 0.25) is 5.89 Å². The third-order valence-corrected chi connectivity index (χ3v) is 5.33. The number of thiophene rings is 1. The van der Waals surface area contributed by atoms with Gasteiger partial charge in [0.25, 0.3) is 5.89 Å². The average molecular weight is 361 g/mol. The molecular weight excluding hydrogens is 346 g/mol. The number of aromatic nitrogens is 4. The number of fused-ring (bicyclic) bond motifs is 2. The van der Waals surface area contributed by atoms with Gasteiger partial charge in [-0.1, -0.05) is 0 Å². The molecular formula is C19H15N5OS. The topological polar surface area (TPSA) is 79.6 Å². The Morgan fingerprint density at radius 3 is 2.85 bits per heavy atom. The zero-order valence-corrected chi connectivity index (χ0v) is 15.0. The third-order valence-electron chi connectivity index (χ3n) is 4.18. The number of aryl methyl sites for hydroxylation is 2. The lowest BCUT2D eigenvalue weighted by atomic mass is 10.2. The molecule has 128 valence electrons. The van der Waals surface area contributed by atoms with Crippen molar-refractivity contribution >= 4 is 43.8 Å². The zero-order chi connectivity index (χ0) is 17.7. The molecule has 0 amide bonds. The van der Waals surface area contributed by atoms with E-state index < -0.39 is 0 Å². The molecule has 4 aromatic heterocycles. The second kappa shape index (κ2) is 5.67. The molecule has 0 aliphatic heterocycles. The summed E-state index contributed by atoms with van der Waals surface area (Å²) in [5.41, 5.74) is 5.24. The number of benzene rings is 1. The number of H-pyrrole nitrogens is 1. The van der Waals surface area contributed by atoms with E-state index in [1.165, 1.54) is 5.39 Å². The first-order valence-corrected chi connectivity index (χ1v) is 9.03. The second-order valence-electron chi connectivity index (χ2n) is 6.19. The van der Waals surface area contributed by atoms with Crippen molar-refractivity contribution in [2.24, 2.45) is 0 Å². The molecule has 0 radical (unpaired) electrons. The predicted octanol–water partition coefficient (Wildman–Crippen LogP) is 5.19. The summed E-state index contributed by atoms with van der Waals surface area (Å²) in [5.74, 6) is 1.08. The fourth-order valence-electron chi connectivity index (χ4n) is 3.05. The molecule has 0 saturated carbocycles. The molecule has 6 nitrogen and oxygen atoms in total. The van der Waals surface area contributed by atoms with Gasteiger partial charge in [0.1, 0.15) is 0 Å². The number of pyridine rings is 1. The minimum atomic E-state index is 0.528. The maximum absolute atomic E-state index is 5.54. The minimum Gasteiger partial charge on any atom is -0.420 e. The smallest absolute Gasteiger partial charge is 0.257 e. The number of anilines is 2. The molecule has 5 rings (SSSR count). The molecule has 5 aromatic rings. The van der Waals surface area contributed by atoms with E-state index in [1.807, 2.05) is 12.1 Å². The number of nitrogens with one attached hydrogen (secondary N) is 2. The Morgan fingerprint density at radius 1 is 1.08 bits per heavy atom. The van der Waals surface area contributed by atoms with E-state index in [9.17, 15) is 0 Å². The molecule has 4 heterocycles. The molecule has 7 heteroatoms. The first kappa shape index (κ1) is 15.1. The first-order chi connectivity index (χ1) is 12.7. The van der Waals surface area contributed by atoms with Crippen molar-refractivity contribution in [1.29, 1.82) is 0 Å². The van der Waals surface area contributed by atoms with Crippen molar-refractivity contribution in [2.75, 3.05) is 5.32 Å². The molecule has 0 saturated heterocycles. The van der Waals surface area contributed by atoms with Crippen LogP contribution in [-0.2, 0) is 0 Å². The number of nitrogens with zero attached hydrogens (tertiary/aromatic N) is 3. The highest BCUT2D eigenvalue weighted by atomic mass is 32.1. The van der Waals surface area contributed by atoms with Crippen LogP contribution in [0.25, 0.3) is 31.9 Å². The predicted molar refractivity (Wildman–Crippen MR) is 104 cm³/mol. The summed E-state index contributed by atoms with van der Waals surface area (Å²) < 4.78 is 6.60. The highest BCUT2D eigenvalue weighted by molar-refractivity contribution is 7.22. The molecule has 0 atom stereocenters. The number of hydrogen-bond donors (Lipinski definition) is 2. The Labute approximate surface area is 152 Å². The van der Waals surface area contributed by atoms with Gasteiger partial charge >= 0.3 is 0 Å². The Kier molecular flexibility index (Phi) is 3.29. The van der Waals surface area contributed by atoms with Gasteiger partial charge < -0.3 is 14.7 Å². The summed E-state index contributed by atoms with van der Waals surface area (Å²) >= 11 is 1.59. The van der Waals surface area contributed by atoms with Crippen LogP contribution in [0.3, 0.4) is 0 Å². The van der Waals surface area contributed by atoms with Gasteiger partial charge in [0, 0.05) is 35.4 Å². The lowest BCUT2D eigenvalue weighted by Crippen LogP contribution is -1.90. The van der Waals surface area contributed by atoms with Crippen LogP contribution in [0.15, 0.2) is 47.0 Å². The summed E-state index contributed by atoms with van der Waals surface area (Å²) in [6, 6.07) is 12.4. The van der Waals surface area contributed by atoms with Gasteiger partial charge in [-0.25, -0.2) is 0 Å². The van der Waals surface area contributed by atoms with Gasteiger partial charge in [-0.05, 0) is 43.3 Å². The van der Waals surface area contributed by atoms with E-state index in [4.69, 9.17) is 4.42 Å². The number of rotatable bonds is 3. The van der Waals surface area contributed by atoms with Crippen LogP contribution in [0, 0.1) is 13.8 Å². The van der Waals surface area contributed by atoms with Crippen molar-refractivity contribution in [3.05, 3.63) is 54.2 Å². The average Bonchev–Trinajstić information content (AvgIpc) is 3.31. The van der Waals surface area contributed by atoms with Crippen molar-refractivity contribution < 1.29 is 4.42 Å². The van der Waals surface area contributed by atoms with E-state index in [1.54, 1.807) is 24.5 Å². The van der Waals surface area contributed by atoms with Crippen LogP contribution in [0.5, 0.6) is 0 Å². The van der Waals surface area contributed by atoms with E-state index in [2.05, 4.69) is 56.7 Å². The van der Waals surface area contributed by atoms with Crippen LogP contribution in [0.4, 0.5) is 11.4 Å². The molecule has 0 spiro atoms. The Hall–Kier alpha value is -3.19. The molecule has 2 N–H and O–H groups in total. The van der Waals surface area contributed by atoms with E-state index >= 15 is 0 Å². The van der Waals surface area contributed by atoms with Crippen LogP contribution >= 0.6 is 11.3 Å². The van der Waals surface area contributed by atoms with E-state index in [-0.39, 0.29) is 0 Å². The van der Waals surface area contributed by atoms with Gasteiger partial charge in [0.15, 0.2) is 0 Å². The normalized spacial score (nSPS) is 11.5. The first-order valence-electron chi connectivity index (χ1n) is 8.21. The van der Waals surface area contributed by atoms with Crippen LogP contribution in [-0.4, -0.2) is 20.2 Å². The van der Waals surface area contributed by atoms with Gasteiger partial charge in [0.05, 0.1) is 20.8 Å². The van der Waals surface area contributed by atoms with Crippen molar-refractivity contribution in [3.8, 4) is 10.8 Å². The van der Waals surface area contributed by atoms with E-state index in [0.717, 1.165) is 37.7 Å². The summed E-state index contributed by atoms with van der Waals surface area (Å²) in [6.07, 6.45) is 1.80. The van der Waals surface area contributed by atoms with Crippen LogP contribution < -0.4 is 5.32 Å². The molecule has 0 unspecified atom stereocenters. The largest absolute Gasteiger partial charge is 0.420 e. The molecule has 0 fully saturated rings. The molecule has 1 aromatic carbocycles. The lowest BCUT2D eigenvalue weighted by molar-refractivity contribution is 0.534. The Bertz CT molecular complexity index is 1250. The van der Waals surface area contributed by atoms with Gasteiger partial charge in [-0.3, -0.25) is 4.98 Å². The number of aromatic amines is 1. The molecule has 26 heavy (non-hydrogen) atoms. The van der Waals surface area contributed by atoms with Crippen LogP contribution in [0.1, 0.15) is 11.6 Å². The highest BCUT2D eigenvalue weighted by Crippen LogP contribution is 2.37. The summed E-state index contributed by atoms with van der Waals surface area (Å²) in [5, 5.41) is 12.7. The summed E-state index contributed by atoms with van der Waals surface area (Å²) in [7, 11) is 0. The fourth-order valence-corrected chi connectivity index (χ4v) is 4.05. The van der Waals surface area contributed by atoms with Crippen molar-refractivity contribution in [3.63, 3.8) is 0 Å². The SMILES string of the molecule is Cc1cc2cc(Nc3ccnc4cc(-c5nnc(C)o5)sc34)ccc2[nH]1. The third kappa shape index (κ3) is 2.53. The fraction of sp³-hybridized carbons (Fsp3) is 0.105.